The number of hydrogen-bond donors (Lipinski definition) is 1. The highest BCUT2D eigenvalue weighted by Gasteiger charge is 2.57. The second-order valence-electron chi connectivity index (χ2n) is 6.93. The van der Waals surface area contributed by atoms with Crippen LogP contribution in [0, 0.1) is 17.3 Å². The van der Waals surface area contributed by atoms with Gasteiger partial charge in [-0.25, -0.2) is 4.79 Å². The quantitative estimate of drug-likeness (QED) is 0.530. The number of rotatable bonds is 0. The van der Waals surface area contributed by atoms with E-state index in [1.54, 1.807) is 0 Å². The topological polar surface area (TPSA) is 46.5 Å². The maximum atomic E-state index is 11.6. The first-order valence-corrected chi connectivity index (χ1v) is 6.96. The Kier molecular flexibility index (Phi) is 2.44. The van der Waals surface area contributed by atoms with Crippen LogP contribution in [0.25, 0.3) is 0 Å². The average molecular weight is 250 g/mol. The summed E-state index contributed by atoms with van der Waals surface area (Å²) in [5, 5.41) is 10.7. The monoisotopic (exact) mass is 250 g/mol. The van der Waals surface area contributed by atoms with Gasteiger partial charge in [0.2, 0.25) is 0 Å². The van der Waals surface area contributed by atoms with Gasteiger partial charge in [0.05, 0.1) is 5.60 Å². The molecule has 1 N–H and O–H groups in total. The van der Waals surface area contributed by atoms with Crippen LogP contribution in [0.15, 0.2) is 12.2 Å². The maximum Gasteiger partial charge on any atom is 0.334 e. The normalized spacial score (nSPS) is 51.6. The third kappa shape index (κ3) is 1.56. The fourth-order valence-electron chi connectivity index (χ4n) is 4.59. The summed E-state index contributed by atoms with van der Waals surface area (Å²) in [7, 11) is 0. The lowest BCUT2D eigenvalue weighted by Gasteiger charge is -2.54. The molecule has 2 aliphatic carbocycles. The zero-order valence-electron chi connectivity index (χ0n) is 11.2. The Bertz CT molecular complexity index is 412. The highest BCUT2D eigenvalue weighted by Crippen LogP contribution is 2.58. The summed E-state index contributed by atoms with van der Waals surface area (Å²) in [5.41, 5.74) is 0.112. The molecule has 1 saturated heterocycles. The van der Waals surface area contributed by atoms with Crippen LogP contribution in [0.2, 0.25) is 0 Å². The third-order valence-corrected chi connectivity index (χ3v) is 5.60. The summed E-state index contributed by atoms with van der Waals surface area (Å²) < 4.78 is 5.44. The zero-order chi connectivity index (χ0) is 13.1. The smallest absolute Gasteiger partial charge is 0.334 e. The molecule has 3 heteroatoms. The molecule has 3 rings (SSSR count). The predicted octanol–water partition coefficient (Wildman–Crippen LogP) is 2.44. The van der Waals surface area contributed by atoms with Crippen LogP contribution in [0.5, 0.6) is 0 Å². The van der Waals surface area contributed by atoms with E-state index in [4.69, 9.17) is 4.74 Å². The summed E-state index contributed by atoms with van der Waals surface area (Å²) >= 11 is 0. The molecule has 5 atom stereocenters. The molecule has 3 fully saturated rings. The van der Waals surface area contributed by atoms with Crippen molar-refractivity contribution in [2.45, 2.75) is 57.7 Å². The Morgan fingerprint density at radius 3 is 2.83 bits per heavy atom. The van der Waals surface area contributed by atoms with Crippen molar-refractivity contribution < 1.29 is 14.6 Å². The molecule has 1 heterocycles. The van der Waals surface area contributed by atoms with Crippen LogP contribution < -0.4 is 0 Å². The van der Waals surface area contributed by atoms with Crippen molar-refractivity contribution in [3.63, 3.8) is 0 Å². The molecule has 0 aromatic carbocycles. The van der Waals surface area contributed by atoms with E-state index < -0.39 is 5.60 Å². The summed E-state index contributed by atoms with van der Waals surface area (Å²) in [6, 6.07) is 0. The number of hydrogen-bond acceptors (Lipinski definition) is 3. The highest BCUT2D eigenvalue weighted by atomic mass is 16.6. The number of carbonyl (C=O) groups is 1. The van der Waals surface area contributed by atoms with Gasteiger partial charge in [-0.2, -0.15) is 0 Å². The minimum Gasteiger partial charge on any atom is -0.458 e. The summed E-state index contributed by atoms with van der Waals surface area (Å²) in [4.78, 5) is 11.6. The Morgan fingerprint density at radius 2 is 2.11 bits per heavy atom. The molecule has 0 radical (unpaired) electrons. The van der Waals surface area contributed by atoms with Crippen molar-refractivity contribution in [2.24, 2.45) is 17.3 Å². The summed E-state index contributed by atoms with van der Waals surface area (Å²) in [6.45, 7) is 8.07. The van der Waals surface area contributed by atoms with Gasteiger partial charge >= 0.3 is 5.97 Å². The van der Waals surface area contributed by atoms with Crippen molar-refractivity contribution >= 4 is 5.97 Å². The van der Waals surface area contributed by atoms with Gasteiger partial charge < -0.3 is 9.84 Å². The van der Waals surface area contributed by atoms with E-state index in [1.807, 2.05) is 6.92 Å². The average Bonchev–Trinajstić information content (AvgIpc) is 2.51. The SMILES string of the molecule is C=C1C(=O)O[C@@H]2C[C@]3(C)CCC[C@](C)(O)[C@@H]3C[C@H]12. The van der Waals surface area contributed by atoms with Gasteiger partial charge in [0.15, 0.2) is 0 Å². The number of fused-ring (bicyclic) bond motifs is 2. The molecule has 0 aromatic rings. The molecule has 0 spiro atoms. The Balaban J connectivity index is 1.93. The van der Waals surface area contributed by atoms with Gasteiger partial charge in [-0.05, 0) is 43.9 Å². The first-order valence-electron chi connectivity index (χ1n) is 6.96. The lowest BCUT2D eigenvalue weighted by molar-refractivity contribution is -0.155. The Labute approximate surface area is 108 Å². The summed E-state index contributed by atoms with van der Waals surface area (Å²) in [5.74, 6) is 0.151. The van der Waals surface area contributed by atoms with E-state index in [0.29, 0.717) is 5.57 Å². The van der Waals surface area contributed by atoms with E-state index >= 15 is 0 Å². The van der Waals surface area contributed by atoms with E-state index in [0.717, 1.165) is 32.1 Å². The first kappa shape index (κ1) is 12.2. The second kappa shape index (κ2) is 3.60. The molecular formula is C15H22O3. The first-order chi connectivity index (χ1) is 8.33. The highest BCUT2D eigenvalue weighted by molar-refractivity contribution is 5.90. The lowest BCUT2D eigenvalue weighted by atomic mass is 9.52. The van der Waals surface area contributed by atoms with E-state index in [2.05, 4.69) is 13.5 Å². The molecular weight excluding hydrogens is 228 g/mol. The third-order valence-electron chi connectivity index (χ3n) is 5.60. The summed E-state index contributed by atoms with van der Waals surface area (Å²) in [6.07, 6.45) is 4.78. The Morgan fingerprint density at radius 1 is 1.39 bits per heavy atom. The van der Waals surface area contributed by atoms with Crippen molar-refractivity contribution in [2.75, 3.05) is 0 Å². The molecule has 0 amide bonds. The van der Waals surface area contributed by atoms with Crippen molar-refractivity contribution in [1.29, 1.82) is 0 Å². The molecule has 2 saturated carbocycles. The van der Waals surface area contributed by atoms with E-state index in [-0.39, 0.29) is 29.3 Å². The molecule has 18 heavy (non-hydrogen) atoms. The van der Waals surface area contributed by atoms with Gasteiger partial charge in [0.1, 0.15) is 6.10 Å². The van der Waals surface area contributed by atoms with Crippen LogP contribution >= 0.6 is 0 Å². The molecule has 0 bridgehead atoms. The van der Waals surface area contributed by atoms with Gasteiger partial charge in [-0.15, -0.1) is 0 Å². The van der Waals surface area contributed by atoms with Gasteiger partial charge in [0, 0.05) is 11.5 Å². The van der Waals surface area contributed by atoms with Crippen molar-refractivity contribution in [1.82, 2.24) is 0 Å². The van der Waals surface area contributed by atoms with Crippen LogP contribution in [0.4, 0.5) is 0 Å². The van der Waals surface area contributed by atoms with Gasteiger partial charge in [0.25, 0.3) is 0 Å². The van der Waals surface area contributed by atoms with Crippen LogP contribution in [-0.4, -0.2) is 22.8 Å². The Hall–Kier alpha value is -0.830. The zero-order valence-corrected chi connectivity index (χ0v) is 11.2. The molecule has 3 aliphatic rings. The van der Waals surface area contributed by atoms with E-state index in [9.17, 15) is 9.90 Å². The fraction of sp³-hybridized carbons (Fsp3) is 0.800. The number of ether oxygens (including phenoxy) is 1. The maximum absolute atomic E-state index is 11.6. The fourth-order valence-corrected chi connectivity index (χ4v) is 4.59. The predicted molar refractivity (Wildman–Crippen MR) is 67.8 cm³/mol. The molecule has 100 valence electrons. The standard InChI is InChI=1S/C15H22O3/c1-9-10-7-12-14(2,5-4-6-15(12,3)17)8-11(10)18-13(9)16/h10-12,17H,1,4-8H2,2-3H3/t10-,11-,12-,14+,15+/m1/s1. The van der Waals surface area contributed by atoms with E-state index in [1.165, 1.54) is 0 Å². The molecule has 1 aliphatic heterocycles. The molecule has 0 aromatic heterocycles. The largest absolute Gasteiger partial charge is 0.458 e. The van der Waals surface area contributed by atoms with Gasteiger partial charge in [-0.1, -0.05) is 19.9 Å². The molecule has 0 unspecified atom stereocenters. The van der Waals surface area contributed by atoms with Crippen LogP contribution in [0.1, 0.15) is 46.0 Å². The van der Waals surface area contributed by atoms with Crippen molar-refractivity contribution in [3.05, 3.63) is 12.2 Å². The lowest BCUT2D eigenvalue weighted by Crippen LogP contribution is -2.53. The number of carbonyl (C=O) groups excluding carboxylic acids is 1. The van der Waals surface area contributed by atoms with Gasteiger partial charge in [-0.3, -0.25) is 0 Å². The minimum atomic E-state index is -0.607. The minimum absolute atomic E-state index is 0.000139. The van der Waals surface area contributed by atoms with Crippen molar-refractivity contribution in [3.8, 4) is 0 Å². The van der Waals surface area contributed by atoms with Crippen LogP contribution in [-0.2, 0) is 9.53 Å². The molecule has 3 nitrogen and oxygen atoms in total. The number of esters is 1. The van der Waals surface area contributed by atoms with Crippen LogP contribution in [0.3, 0.4) is 0 Å². The second-order valence-corrected chi connectivity index (χ2v) is 6.93. The number of aliphatic hydroxyl groups is 1.